The fourth-order valence-electron chi connectivity index (χ4n) is 1.40. The average molecular weight is 252 g/mol. The highest BCUT2D eigenvalue weighted by Crippen LogP contribution is 2.23. The molecule has 1 aromatic carbocycles. The van der Waals surface area contributed by atoms with E-state index >= 15 is 0 Å². The second-order valence-electron chi connectivity index (χ2n) is 3.20. The number of carbonyl (C=O) groups excluding carboxylic acids is 2. The summed E-state index contributed by atoms with van der Waals surface area (Å²) >= 11 is 5.91. The van der Waals surface area contributed by atoms with Crippen LogP contribution in [0.25, 0.3) is 0 Å². The summed E-state index contributed by atoms with van der Waals surface area (Å²) in [4.78, 5) is 22.1. The first-order chi connectivity index (χ1) is 8.13. The molecule has 4 nitrogen and oxygen atoms in total. The normalized spacial score (nSPS) is 9.47. The topological polar surface area (TPSA) is 67.2 Å². The van der Waals surface area contributed by atoms with E-state index in [0.29, 0.717) is 11.8 Å². The Bertz CT molecular complexity index is 491. The molecule has 0 fully saturated rings. The third kappa shape index (κ3) is 3.05. The summed E-state index contributed by atoms with van der Waals surface area (Å²) in [5.74, 6) is -0.478. The van der Waals surface area contributed by atoms with Crippen molar-refractivity contribution in [3.05, 3.63) is 33.8 Å². The molecule has 0 radical (unpaired) electrons. The van der Waals surface area contributed by atoms with E-state index in [0.717, 1.165) is 0 Å². The van der Waals surface area contributed by atoms with E-state index in [4.69, 9.17) is 21.6 Å². The van der Waals surface area contributed by atoms with Gasteiger partial charge in [0.25, 0.3) is 0 Å². The van der Waals surface area contributed by atoms with E-state index in [1.54, 1.807) is 6.92 Å². The lowest BCUT2D eigenvalue weighted by atomic mass is 10.0. The van der Waals surface area contributed by atoms with Crippen molar-refractivity contribution in [1.82, 2.24) is 0 Å². The number of hydrogen-bond acceptors (Lipinski definition) is 4. The average Bonchev–Trinajstić information content (AvgIpc) is 2.31. The van der Waals surface area contributed by atoms with E-state index in [-0.39, 0.29) is 29.2 Å². The number of ether oxygens (including phenoxy) is 1. The Balaban J connectivity index is 3.17. The van der Waals surface area contributed by atoms with Crippen molar-refractivity contribution in [2.45, 2.75) is 13.3 Å². The number of benzene rings is 1. The highest BCUT2D eigenvalue weighted by molar-refractivity contribution is 6.31. The van der Waals surface area contributed by atoms with Gasteiger partial charge < -0.3 is 4.74 Å². The molecule has 0 aliphatic heterocycles. The van der Waals surface area contributed by atoms with Gasteiger partial charge in [-0.3, -0.25) is 9.59 Å². The molecule has 0 unspecified atom stereocenters. The quantitative estimate of drug-likeness (QED) is 0.607. The SMILES string of the molecule is CCOC(=O)Cc1c(Cl)ccc(C=O)c1C#N. The molecule has 0 N–H and O–H groups in total. The third-order valence-electron chi connectivity index (χ3n) is 2.15. The fraction of sp³-hybridized carbons (Fsp3) is 0.250. The Morgan fingerprint density at radius 2 is 2.29 bits per heavy atom. The number of nitriles is 1. The molecule has 17 heavy (non-hydrogen) atoms. The fourth-order valence-corrected chi connectivity index (χ4v) is 1.62. The lowest BCUT2D eigenvalue weighted by molar-refractivity contribution is -0.142. The molecule has 0 amide bonds. The summed E-state index contributed by atoms with van der Waals surface area (Å²) in [6.07, 6.45) is 0.445. The Morgan fingerprint density at radius 1 is 1.59 bits per heavy atom. The molecule has 0 aromatic heterocycles. The second kappa shape index (κ2) is 6.02. The van der Waals surface area contributed by atoms with Gasteiger partial charge in [-0.25, -0.2) is 0 Å². The zero-order valence-electron chi connectivity index (χ0n) is 9.20. The Labute approximate surface area is 104 Å². The van der Waals surface area contributed by atoms with Gasteiger partial charge in [0.05, 0.1) is 18.6 Å². The van der Waals surface area contributed by atoms with Crippen LogP contribution in [0.1, 0.15) is 28.4 Å². The first-order valence-electron chi connectivity index (χ1n) is 4.96. The molecule has 5 heteroatoms. The molecule has 0 aliphatic rings. The smallest absolute Gasteiger partial charge is 0.310 e. The van der Waals surface area contributed by atoms with Gasteiger partial charge in [0.15, 0.2) is 6.29 Å². The van der Waals surface area contributed by atoms with Crippen LogP contribution in [0.5, 0.6) is 0 Å². The van der Waals surface area contributed by atoms with Crippen LogP contribution in [0.15, 0.2) is 12.1 Å². The van der Waals surface area contributed by atoms with Crippen LogP contribution < -0.4 is 0 Å². The molecule has 0 aliphatic carbocycles. The lowest BCUT2D eigenvalue weighted by Crippen LogP contribution is -2.10. The molecule has 0 saturated carbocycles. The van der Waals surface area contributed by atoms with Crippen molar-refractivity contribution >= 4 is 23.9 Å². The summed E-state index contributed by atoms with van der Waals surface area (Å²) < 4.78 is 4.78. The molecule has 0 heterocycles. The molecule has 0 atom stereocenters. The number of hydrogen-bond donors (Lipinski definition) is 0. The number of esters is 1. The number of carbonyl (C=O) groups is 2. The Hall–Kier alpha value is -1.86. The third-order valence-corrected chi connectivity index (χ3v) is 2.51. The van der Waals surface area contributed by atoms with Crippen molar-refractivity contribution in [2.24, 2.45) is 0 Å². The van der Waals surface area contributed by atoms with Crippen LogP contribution in [0.4, 0.5) is 0 Å². The molecule has 0 spiro atoms. The number of rotatable bonds is 4. The zero-order valence-corrected chi connectivity index (χ0v) is 9.95. The lowest BCUT2D eigenvalue weighted by Gasteiger charge is -2.07. The highest BCUT2D eigenvalue weighted by atomic mass is 35.5. The van der Waals surface area contributed by atoms with Crippen LogP contribution >= 0.6 is 11.6 Å². The van der Waals surface area contributed by atoms with Gasteiger partial charge in [0, 0.05) is 16.1 Å². The van der Waals surface area contributed by atoms with Crippen LogP contribution in [0, 0.1) is 11.3 Å². The van der Waals surface area contributed by atoms with Crippen molar-refractivity contribution < 1.29 is 14.3 Å². The Morgan fingerprint density at radius 3 is 2.82 bits per heavy atom. The van der Waals surface area contributed by atoms with Gasteiger partial charge in [0.1, 0.15) is 6.07 Å². The molecule has 0 saturated heterocycles. The number of nitrogens with zero attached hydrogens (tertiary/aromatic N) is 1. The predicted molar refractivity (Wildman–Crippen MR) is 61.9 cm³/mol. The minimum atomic E-state index is -0.478. The van der Waals surface area contributed by atoms with Gasteiger partial charge in [-0.05, 0) is 19.1 Å². The highest BCUT2D eigenvalue weighted by Gasteiger charge is 2.15. The number of halogens is 1. The first kappa shape index (κ1) is 13.2. The Kier molecular flexibility index (Phi) is 4.68. The summed E-state index contributed by atoms with van der Waals surface area (Å²) in [7, 11) is 0. The first-order valence-corrected chi connectivity index (χ1v) is 5.34. The van der Waals surface area contributed by atoms with Crippen LogP contribution in [-0.2, 0) is 16.0 Å². The van der Waals surface area contributed by atoms with Gasteiger partial charge in [0.2, 0.25) is 0 Å². The van der Waals surface area contributed by atoms with Crippen molar-refractivity contribution in [2.75, 3.05) is 6.61 Å². The maximum atomic E-state index is 11.4. The molecule has 1 rings (SSSR count). The van der Waals surface area contributed by atoms with E-state index in [1.807, 2.05) is 6.07 Å². The summed E-state index contributed by atoms with van der Waals surface area (Å²) in [5.41, 5.74) is 0.675. The second-order valence-corrected chi connectivity index (χ2v) is 3.61. The maximum absolute atomic E-state index is 11.4. The van der Waals surface area contributed by atoms with Crippen molar-refractivity contribution in [1.29, 1.82) is 5.26 Å². The van der Waals surface area contributed by atoms with Crippen molar-refractivity contribution in [3.8, 4) is 6.07 Å². The number of aldehydes is 1. The minimum absolute atomic E-state index is 0.114. The van der Waals surface area contributed by atoms with E-state index in [9.17, 15) is 9.59 Å². The molecule has 1 aromatic rings. The van der Waals surface area contributed by atoms with Gasteiger partial charge in [-0.2, -0.15) is 5.26 Å². The molecule has 0 bridgehead atoms. The van der Waals surface area contributed by atoms with E-state index < -0.39 is 5.97 Å². The monoisotopic (exact) mass is 251 g/mol. The minimum Gasteiger partial charge on any atom is -0.466 e. The van der Waals surface area contributed by atoms with Gasteiger partial charge >= 0.3 is 5.97 Å². The van der Waals surface area contributed by atoms with Gasteiger partial charge in [-0.1, -0.05) is 11.6 Å². The molecular formula is C12H10ClNO3. The summed E-state index contributed by atoms with van der Waals surface area (Å²) in [6.45, 7) is 1.94. The van der Waals surface area contributed by atoms with E-state index in [2.05, 4.69) is 0 Å². The van der Waals surface area contributed by atoms with Crippen LogP contribution in [0.3, 0.4) is 0 Å². The van der Waals surface area contributed by atoms with Crippen molar-refractivity contribution in [3.63, 3.8) is 0 Å². The molecule has 88 valence electrons. The van der Waals surface area contributed by atoms with Gasteiger partial charge in [-0.15, -0.1) is 0 Å². The van der Waals surface area contributed by atoms with Crippen LogP contribution in [0.2, 0.25) is 5.02 Å². The standard InChI is InChI=1S/C12H10ClNO3/c1-2-17-12(16)5-9-10(6-14)8(7-15)3-4-11(9)13/h3-4,7H,2,5H2,1H3. The molecular weight excluding hydrogens is 242 g/mol. The summed E-state index contributed by atoms with van der Waals surface area (Å²) in [5, 5.41) is 9.26. The predicted octanol–water partition coefficient (Wildman–Crippen LogP) is 2.13. The maximum Gasteiger partial charge on any atom is 0.310 e. The summed E-state index contributed by atoms with van der Waals surface area (Å²) in [6, 6.07) is 4.81. The zero-order chi connectivity index (χ0) is 12.8. The largest absolute Gasteiger partial charge is 0.466 e. The van der Waals surface area contributed by atoms with Crippen LogP contribution in [-0.4, -0.2) is 18.9 Å². The van der Waals surface area contributed by atoms with E-state index in [1.165, 1.54) is 12.1 Å².